The fourth-order valence-electron chi connectivity index (χ4n) is 3.06. The van der Waals surface area contributed by atoms with Gasteiger partial charge in [0.15, 0.2) is 0 Å². The van der Waals surface area contributed by atoms with Crippen LogP contribution in [0, 0.1) is 27.2 Å². The number of esters is 1. The van der Waals surface area contributed by atoms with Crippen LogP contribution < -0.4 is 0 Å². The molecular weight excluding hydrogens is 366 g/mol. The molecule has 3 rings (SSSR count). The molecule has 2 aromatic carbocycles. The van der Waals surface area contributed by atoms with Gasteiger partial charge in [0.25, 0.3) is 11.4 Å². The Morgan fingerprint density at radius 3 is 2.46 bits per heavy atom. The third kappa shape index (κ3) is 3.25. The van der Waals surface area contributed by atoms with Crippen molar-refractivity contribution in [2.45, 2.75) is 13.8 Å². The molecule has 0 spiro atoms. The van der Waals surface area contributed by atoms with E-state index in [4.69, 9.17) is 4.74 Å². The van der Waals surface area contributed by atoms with E-state index < -0.39 is 15.8 Å². The number of aryl methyl sites for hydroxylation is 1. The molecule has 28 heavy (non-hydrogen) atoms. The maximum Gasteiger partial charge on any atom is 0.340 e. The minimum Gasteiger partial charge on any atom is -0.462 e. The van der Waals surface area contributed by atoms with Crippen LogP contribution in [-0.2, 0) is 4.74 Å². The van der Waals surface area contributed by atoms with Crippen LogP contribution in [0.1, 0.15) is 23.0 Å². The number of pyridine rings is 1. The van der Waals surface area contributed by atoms with E-state index in [1.807, 2.05) is 0 Å². The van der Waals surface area contributed by atoms with Crippen molar-refractivity contribution in [2.24, 2.45) is 0 Å². The average Bonchev–Trinajstić information content (AvgIpc) is 2.66. The molecule has 0 aliphatic heterocycles. The smallest absolute Gasteiger partial charge is 0.340 e. The van der Waals surface area contributed by atoms with Crippen LogP contribution in [0.2, 0.25) is 0 Å². The third-order valence-electron chi connectivity index (χ3n) is 4.21. The lowest BCUT2D eigenvalue weighted by molar-refractivity contribution is -0.384. The summed E-state index contributed by atoms with van der Waals surface area (Å²) in [6.07, 6.45) is 0. The summed E-state index contributed by atoms with van der Waals surface area (Å²) in [6.45, 7) is 3.32. The summed E-state index contributed by atoms with van der Waals surface area (Å²) in [6, 6.07) is 9.91. The highest BCUT2D eigenvalue weighted by Gasteiger charge is 2.27. The summed E-state index contributed by atoms with van der Waals surface area (Å²) < 4.78 is 5.12. The van der Waals surface area contributed by atoms with Crippen molar-refractivity contribution in [3.63, 3.8) is 0 Å². The van der Waals surface area contributed by atoms with Crippen molar-refractivity contribution in [3.8, 4) is 11.1 Å². The predicted molar refractivity (Wildman–Crippen MR) is 101 cm³/mol. The lowest BCUT2D eigenvalue weighted by atomic mass is 9.93. The minimum absolute atomic E-state index is 0.0455. The molecule has 9 heteroatoms. The zero-order chi connectivity index (χ0) is 20.4. The number of para-hydroxylation sites is 1. The zero-order valence-electron chi connectivity index (χ0n) is 15.0. The van der Waals surface area contributed by atoms with Gasteiger partial charge < -0.3 is 4.74 Å². The first kappa shape index (κ1) is 18.9. The summed E-state index contributed by atoms with van der Waals surface area (Å²) >= 11 is 0. The van der Waals surface area contributed by atoms with Gasteiger partial charge in [-0.05, 0) is 26.0 Å². The van der Waals surface area contributed by atoms with Crippen LogP contribution >= 0.6 is 0 Å². The normalized spacial score (nSPS) is 10.6. The monoisotopic (exact) mass is 381 g/mol. The first-order valence-electron chi connectivity index (χ1n) is 8.34. The van der Waals surface area contributed by atoms with Crippen LogP contribution in [0.15, 0.2) is 42.5 Å². The number of nitrogens with zero attached hydrogens (tertiary/aromatic N) is 3. The fraction of sp³-hybridized carbons (Fsp3) is 0.158. The number of benzene rings is 2. The highest BCUT2D eigenvalue weighted by atomic mass is 16.6. The number of non-ortho nitro benzene ring substituents is 1. The molecule has 9 nitrogen and oxygen atoms in total. The first-order valence-corrected chi connectivity index (χ1v) is 8.34. The first-order chi connectivity index (χ1) is 13.3. The predicted octanol–water partition coefficient (Wildman–Crippen LogP) is 4.20. The number of hydrogen-bond donors (Lipinski definition) is 0. The Morgan fingerprint density at radius 2 is 1.82 bits per heavy atom. The summed E-state index contributed by atoms with van der Waals surface area (Å²) in [5, 5.41) is 23.1. The van der Waals surface area contributed by atoms with E-state index >= 15 is 0 Å². The van der Waals surface area contributed by atoms with Gasteiger partial charge >= 0.3 is 5.97 Å². The molecule has 0 atom stereocenters. The second-order valence-electron chi connectivity index (χ2n) is 5.90. The Morgan fingerprint density at radius 1 is 1.11 bits per heavy atom. The van der Waals surface area contributed by atoms with Crippen LogP contribution in [0.4, 0.5) is 11.4 Å². The maximum absolute atomic E-state index is 12.6. The number of ether oxygens (including phenoxy) is 1. The van der Waals surface area contributed by atoms with E-state index in [0.717, 1.165) is 0 Å². The quantitative estimate of drug-likeness (QED) is 0.368. The lowest BCUT2D eigenvalue weighted by Gasteiger charge is -2.15. The molecule has 1 aromatic heterocycles. The Labute approximate surface area is 158 Å². The molecule has 0 fully saturated rings. The van der Waals surface area contributed by atoms with E-state index in [9.17, 15) is 25.0 Å². The molecule has 0 bridgehead atoms. The molecule has 1 heterocycles. The maximum atomic E-state index is 12.6. The Kier molecular flexibility index (Phi) is 4.99. The molecular formula is C19H15N3O6. The van der Waals surface area contributed by atoms with Crippen molar-refractivity contribution in [3.05, 3.63) is 74.0 Å². The van der Waals surface area contributed by atoms with Crippen molar-refractivity contribution in [1.29, 1.82) is 0 Å². The molecule has 0 unspecified atom stereocenters. The second kappa shape index (κ2) is 7.39. The van der Waals surface area contributed by atoms with E-state index in [1.54, 1.807) is 19.9 Å². The van der Waals surface area contributed by atoms with E-state index in [-0.39, 0.29) is 40.1 Å². The van der Waals surface area contributed by atoms with Gasteiger partial charge in [-0.3, -0.25) is 25.2 Å². The third-order valence-corrected chi connectivity index (χ3v) is 4.21. The number of rotatable bonds is 5. The molecule has 0 aliphatic carbocycles. The minimum atomic E-state index is -0.700. The van der Waals surface area contributed by atoms with Crippen LogP contribution in [-0.4, -0.2) is 27.4 Å². The van der Waals surface area contributed by atoms with E-state index in [1.165, 1.54) is 36.4 Å². The Balaban J connectivity index is 2.50. The van der Waals surface area contributed by atoms with Crippen molar-refractivity contribution < 1.29 is 19.4 Å². The number of hydrogen-bond acceptors (Lipinski definition) is 7. The summed E-state index contributed by atoms with van der Waals surface area (Å²) in [4.78, 5) is 38.6. The van der Waals surface area contributed by atoms with Gasteiger partial charge in [-0.25, -0.2) is 4.79 Å². The van der Waals surface area contributed by atoms with Crippen molar-refractivity contribution in [1.82, 2.24) is 4.98 Å². The number of nitro benzene ring substituents is 2. The molecule has 0 aliphatic rings. The number of carbonyl (C=O) groups is 1. The van der Waals surface area contributed by atoms with Gasteiger partial charge in [-0.2, -0.15) is 0 Å². The molecule has 3 aromatic rings. The summed E-state index contributed by atoms with van der Waals surface area (Å²) in [5.74, 6) is -0.700. The standard InChI is InChI=1S/C19H15N3O6/c1-3-28-19(23)17-11(2)20-15-9-8-12(21(24)25)10-14(15)18(17)13-6-4-5-7-16(13)22(26)27/h4-10H,3H2,1-2H3. The van der Waals surface area contributed by atoms with Gasteiger partial charge in [0, 0.05) is 29.1 Å². The molecule has 142 valence electrons. The van der Waals surface area contributed by atoms with Crippen LogP contribution in [0.5, 0.6) is 0 Å². The topological polar surface area (TPSA) is 125 Å². The highest BCUT2D eigenvalue weighted by Crippen LogP contribution is 2.39. The second-order valence-corrected chi connectivity index (χ2v) is 5.90. The molecule has 0 saturated heterocycles. The van der Waals surface area contributed by atoms with Gasteiger partial charge in [0.2, 0.25) is 0 Å². The molecule has 0 amide bonds. The molecule has 0 radical (unpaired) electrons. The van der Waals surface area contributed by atoms with Crippen molar-refractivity contribution in [2.75, 3.05) is 6.61 Å². The average molecular weight is 381 g/mol. The molecule has 0 saturated carbocycles. The van der Waals surface area contributed by atoms with Gasteiger partial charge in [-0.1, -0.05) is 12.1 Å². The Bertz CT molecular complexity index is 1130. The largest absolute Gasteiger partial charge is 0.462 e. The number of nitro groups is 2. The van der Waals surface area contributed by atoms with Gasteiger partial charge in [0.05, 0.1) is 38.8 Å². The fourth-order valence-corrected chi connectivity index (χ4v) is 3.06. The number of fused-ring (bicyclic) bond motifs is 1. The summed E-state index contributed by atoms with van der Waals surface area (Å²) in [7, 11) is 0. The van der Waals surface area contributed by atoms with Gasteiger partial charge in [0.1, 0.15) is 0 Å². The number of aromatic nitrogens is 1. The highest BCUT2D eigenvalue weighted by molar-refractivity contribution is 6.09. The van der Waals surface area contributed by atoms with Crippen molar-refractivity contribution >= 4 is 28.2 Å². The van der Waals surface area contributed by atoms with Crippen LogP contribution in [0.25, 0.3) is 22.0 Å². The Hall–Kier alpha value is -3.88. The van der Waals surface area contributed by atoms with E-state index in [2.05, 4.69) is 4.98 Å². The number of carbonyl (C=O) groups excluding carboxylic acids is 1. The van der Waals surface area contributed by atoms with E-state index in [0.29, 0.717) is 11.2 Å². The van der Waals surface area contributed by atoms with Crippen LogP contribution in [0.3, 0.4) is 0 Å². The zero-order valence-corrected chi connectivity index (χ0v) is 15.0. The SMILES string of the molecule is CCOC(=O)c1c(C)nc2ccc([N+](=O)[O-])cc2c1-c1ccccc1[N+](=O)[O-]. The molecule has 0 N–H and O–H groups in total. The lowest BCUT2D eigenvalue weighted by Crippen LogP contribution is -2.11. The van der Waals surface area contributed by atoms with Gasteiger partial charge in [-0.15, -0.1) is 0 Å². The summed E-state index contributed by atoms with van der Waals surface area (Å²) in [5.41, 5.74) is 0.643.